The maximum atomic E-state index is 12.7. The summed E-state index contributed by atoms with van der Waals surface area (Å²) in [6.45, 7) is 4.04. The van der Waals surface area contributed by atoms with Crippen LogP contribution in [0.1, 0.15) is 34.6 Å². The molecule has 9 heteroatoms. The van der Waals surface area contributed by atoms with Gasteiger partial charge in [0.2, 0.25) is 0 Å². The molecule has 0 aliphatic heterocycles. The molecule has 0 aliphatic rings. The van der Waals surface area contributed by atoms with E-state index in [4.69, 9.17) is 5.73 Å². The third-order valence-corrected chi connectivity index (χ3v) is 4.96. The lowest BCUT2D eigenvalue weighted by Gasteiger charge is -2.16. The number of rotatable bonds is 7. The first kappa shape index (κ1) is 20.5. The van der Waals surface area contributed by atoms with Crippen molar-refractivity contribution in [3.8, 4) is 0 Å². The summed E-state index contributed by atoms with van der Waals surface area (Å²) in [5.41, 5.74) is 4.46. The number of hydrogen-bond acceptors (Lipinski definition) is 6. The van der Waals surface area contributed by atoms with Gasteiger partial charge in [0.25, 0.3) is 5.56 Å². The number of anilines is 1. The zero-order valence-corrected chi connectivity index (χ0v) is 16.1. The minimum absolute atomic E-state index is 0.0703. The zero-order chi connectivity index (χ0) is 20.3. The maximum absolute atomic E-state index is 12.7. The van der Waals surface area contributed by atoms with Gasteiger partial charge in [-0.1, -0.05) is 26.0 Å². The van der Waals surface area contributed by atoms with Crippen molar-refractivity contribution in [1.82, 2.24) is 9.13 Å². The van der Waals surface area contributed by atoms with E-state index in [1.165, 1.54) is 17.7 Å². The standard InChI is InChI=1S/C18H21N3O5S/c1-10(2)8-21-15(19)14(16(23)20(3)18(21)26)12(22)9-27-13-7-5-4-6-11(13)17(24)25/h4-7,10H,8-9,19H2,1-3H3,(H,24,25). The first-order valence-electron chi connectivity index (χ1n) is 8.22. The van der Waals surface area contributed by atoms with Crippen LogP contribution in [-0.2, 0) is 13.6 Å². The summed E-state index contributed by atoms with van der Waals surface area (Å²) in [5, 5.41) is 9.21. The number of aromatic nitrogens is 2. The van der Waals surface area contributed by atoms with Crippen LogP contribution in [0.2, 0.25) is 0 Å². The van der Waals surface area contributed by atoms with Crippen molar-refractivity contribution in [3.63, 3.8) is 0 Å². The van der Waals surface area contributed by atoms with Gasteiger partial charge in [0.15, 0.2) is 5.78 Å². The number of carboxylic acids is 1. The van der Waals surface area contributed by atoms with E-state index in [0.717, 1.165) is 16.3 Å². The van der Waals surface area contributed by atoms with Gasteiger partial charge in [-0.25, -0.2) is 9.59 Å². The predicted octanol–water partition coefficient (Wildman–Crippen LogP) is 1.46. The summed E-state index contributed by atoms with van der Waals surface area (Å²) in [6, 6.07) is 6.27. The molecule has 2 aromatic rings. The number of nitrogens with zero attached hydrogens (tertiary/aromatic N) is 2. The largest absolute Gasteiger partial charge is 0.478 e. The molecule has 144 valence electrons. The zero-order valence-electron chi connectivity index (χ0n) is 15.3. The highest BCUT2D eigenvalue weighted by Crippen LogP contribution is 2.24. The van der Waals surface area contributed by atoms with Gasteiger partial charge in [-0.3, -0.25) is 18.7 Å². The summed E-state index contributed by atoms with van der Waals surface area (Å²) >= 11 is 1.00. The highest BCUT2D eigenvalue weighted by Gasteiger charge is 2.22. The van der Waals surface area contributed by atoms with Crippen molar-refractivity contribution in [2.75, 3.05) is 11.5 Å². The van der Waals surface area contributed by atoms with Crippen LogP contribution in [0.3, 0.4) is 0 Å². The van der Waals surface area contributed by atoms with Crippen LogP contribution >= 0.6 is 11.8 Å². The second-order valence-electron chi connectivity index (χ2n) is 6.42. The van der Waals surface area contributed by atoms with Crippen molar-refractivity contribution in [3.05, 3.63) is 56.2 Å². The van der Waals surface area contributed by atoms with Crippen molar-refractivity contribution >= 4 is 29.3 Å². The fourth-order valence-corrected chi connectivity index (χ4v) is 3.49. The highest BCUT2D eigenvalue weighted by molar-refractivity contribution is 8.00. The minimum atomic E-state index is -1.11. The topological polar surface area (TPSA) is 124 Å². The fourth-order valence-electron chi connectivity index (χ4n) is 2.57. The van der Waals surface area contributed by atoms with E-state index < -0.39 is 23.0 Å². The van der Waals surface area contributed by atoms with E-state index in [0.29, 0.717) is 4.90 Å². The third kappa shape index (κ3) is 4.30. The van der Waals surface area contributed by atoms with E-state index in [1.807, 2.05) is 13.8 Å². The van der Waals surface area contributed by atoms with E-state index in [1.54, 1.807) is 18.2 Å². The quantitative estimate of drug-likeness (QED) is 0.541. The number of hydrogen-bond donors (Lipinski definition) is 2. The van der Waals surface area contributed by atoms with Crippen LogP contribution in [0.15, 0.2) is 38.8 Å². The van der Waals surface area contributed by atoms with Crippen LogP contribution < -0.4 is 17.0 Å². The van der Waals surface area contributed by atoms with Gasteiger partial charge in [-0.05, 0) is 18.1 Å². The van der Waals surface area contributed by atoms with Gasteiger partial charge in [-0.2, -0.15) is 0 Å². The predicted molar refractivity (Wildman–Crippen MR) is 104 cm³/mol. The lowest BCUT2D eigenvalue weighted by molar-refractivity contribution is 0.0692. The van der Waals surface area contributed by atoms with E-state index in [-0.39, 0.29) is 35.2 Å². The molecule has 0 aliphatic carbocycles. The Morgan fingerprint density at radius 2 is 1.85 bits per heavy atom. The molecule has 0 saturated heterocycles. The van der Waals surface area contributed by atoms with E-state index in [2.05, 4.69) is 0 Å². The molecule has 8 nitrogen and oxygen atoms in total. The van der Waals surface area contributed by atoms with Crippen LogP contribution in [0, 0.1) is 5.92 Å². The summed E-state index contributed by atoms with van der Waals surface area (Å²) in [6.07, 6.45) is 0. The second kappa shape index (κ2) is 8.26. The van der Waals surface area contributed by atoms with Crippen molar-refractivity contribution < 1.29 is 14.7 Å². The highest BCUT2D eigenvalue weighted by atomic mass is 32.2. The number of carboxylic acid groups (broad SMARTS) is 1. The van der Waals surface area contributed by atoms with Gasteiger partial charge < -0.3 is 10.8 Å². The Balaban J connectivity index is 2.40. The number of nitrogens with two attached hydrogens (primary N) is 1. The number of carbonyl (C=O) groups is 2. The van der Waals surface area contributed by atoms with Crippen molar-refractivity contribution in [2.45, 2.75) is 25.3 Å². The normalized spacial score (nSPS) is 11.0. The number of Topliss-reactive ketones (excluding diaryl/α,β-unsaturated/α-hetero) is 1. The first-order chi connectivity index (χ1) is 12.6. The third-order valence-electron chi connectivity index (χ3n) is 3.89. The van der Waals surface area contributed by atoms with Crippen LogP contribution in [0.25, 0.3) is 0 Å². The summed E-state index contributed by atoms with van der Waals surface area (Å²) < 4.78 is 2.08. The SMILES string of the molecule is CC(C)Cn1c(N)c(C(=O)CSc2ccccc2C(=O)O)c(=O)n(C)c1=O. The van der Waals surface area contributed by atoms with E-state index >= 15 is 0 Å². The molecule has 0 bridgehead atoms. The molecule has 0 unspecified atom stereocenters. The lowest BCUT2D eigenvalue weighted by atomic mass is 10.2. The molecule has 1 aromatic heterocycles. The number of aromatic carboxylic acids is 1. The van der Waals surface area contributed by atoms with Gasteiger partial charge in [-0.15, -0.1) is 11.8 Å². The van der Waals surface area contributed by atoms with Crippen LogP contribution in [0.4, 0.5) is 5.82 Å². The number of nitrogen functional groups attached to an aromatic ring is 1. The molecule has 0 spiro atoms. The molecule has 1 heterocycles. The number of ketones is 1. The number of carbonyl (C=O) groups excluding carboxylic acids is 1. The Labute approximate surface area is 159 Å². The first-order valence-corrected chi connectivity index (χ1v) is 9.21. The average molecular weight is 391 g/mol. The Morgan fingerprint density at radius 3 is 2.44 bits per heavy atom. The Morgan fingerprint density at radius 1 is 1.22 bits per heavy atom. The molecule has 27 heavy (non-hydrogen) atoms. The average Bonchev–Trinajstić information content (AvgIpc) is 2.62. The molecule has 0 fully saturated rings. The number of benzene rings is 1. The summed E-state index contributed by atoms with van der Waals surface area (Å²) in [5.74, 6) is -1.91. The molecule has 0 saturated carbocycles. The van der Waals surface area contributed by atoms with Gasteiger partial charge in [0.1, 0.15) is 11.4 Å². The minimum Gasteiger partial charge on any atom is -0.478 e. The van der Waals surface area contributed by atoms with Gasteiger partial charge in [0.05, 0.1) is 11.3 Å². The second-order valence-corrected chi connectivity index (χ2v) is 7.44. The molecule has 1 aromatic carbocycles. The molecule has 0 amide bonds. The fraction of sp³-hybridized carbons (Fsp3) is 0.333. The molecular formula is C18H21N3O5S. The number of thioether (sulfide) groups is 1. The van der Waals surface area contributed by atoms with Crippen molar-refractivity contribution in [1.29, 1.82) is 0 Å². The Kier molecular flexibility index (Phi) is 6.27. The van der Waals surface area contributed by atoms with Gasteiger partial charge >= 0.3 is 11.7 Å². The van der Waals surface area contributed by atoms with Crippen LogP contribution in [-0.4, -0.2) is 31.7 Å². The van der Waals surface area contributed by atoms with Gasteiger partial charge in [0, 0.05) is 18.5 Å². The Bertz CT molecular complexity index is 1010. The van der Waals surface area contributed by atoms with E-state index in [9.17, 15) is 24.3 Å². The Hall–Kier alpha value is -2.81. The monoisotopic (exact) mass is 391 g/mol. The van der Waals surface area contributed by atoms with Crippen LogP contribution in [0.5, 0.6) is 0 Å². The smallest absolute Gasteiger partial charge is 0.336 e. The summed E-state index contributed by atoms with van der Waals surface area (Å²) in [4.78, 5) is 49.0. The molecule has 0 atom stereocenters. The molecule has 0 radical (unpaired) electrons. The van der Waals surface area contributed by atoms with Crippen molar-refractivity contribution in [2.24, 2.45) is 13.0 Å². The molecule has 3 N–H and O–H groups in total. The summed E-state index contributed by atoms with van der Waals surface area (Å²) in [7, 11) is 1.30. The molecular weight excluding hydrogens is 370 g/mol. The maximum Gasteiger partial charge on any atom is 0.336 e. The lowest BCUT2D eigenvalue weighted by Crippen LogP contribution is -2.43. The molecule has 2 rings (SSSR count).